The van der Waals surface area contributed by atoms with Crippen molar-refractivity contribution >= 4 is 27.3 Å². The van der Waals surface area contributed by atoms with Crippen molar-refractivity contribution in [2.45, 2.75) is 23.1 Å². The molecule has 0 bridgehead atoms. The van der Waals surface area contributed by atoms with Gasteiger partial charge in [-0.2, -0.15) is 4.31 Å². The molecule has 3 rings (SSSR count). The Labute approximate surface area is 147 Å². The van der Waals surface area contributed by atoms with Crippen LogP contribution in [-0.4, -0.2) is 75.4 Å². The zero-order valence-corrected chi connectivity index (χ0v) is 15.2. The van der Waals surface area contributed by atoms with E-state index in [2.05, 4.69) is 15.5 Å². The number of nitrogens with one attached hydrogen (secondary N) is 2. The first-order valence-electron chi connectivity index (χ1n) is 8.35. The minimum absolute atomic E-state index is 0.178. The first-order chi connectivity index (χ1) is 11.6. The van der Waals surface area contributed by atoms with Gasteiger partial charge in [-0.05, 0) is 24.3 Å². The minimum atomic E-state index is -3.56. The fourth-order valence-electron chi connectivity index (χ4n) is 3.21. The molecule has 2 N–H and O–H groups in total. The summed E-state index contributed by atoms with van der Waals surface area (Å²) in [4.78, 5) is 14.8. The summed E-state index contributed by atoms with van der Waals surface area (Å²) in [5.74, 6) is -0.178. The van der Waals surface area contributed by atoms with Crippen molar-refractivity contribution in [3.05, 3.63) is 17.5 Å². The largest absolute Gasteiger partial charge is 0.353 e. The van der Waals surface area contributed by atoms with E-state index in [4.69, 9.17) is 0 Å². The van der Waals surface area contributed by atoms with Crippen LogP contribution in [0, 0.1) is 0 Å². The van der Waals surface area contributed by atoms with Crippen LogP contribution in [0.2, 0.25) is 0 Å². The van der Waals surface area contributed by atoms with Gasteiger partial charge < -0.3 is 10.6 Å². The molecule has 1 aromatic heterocycles. The molecule has 2 fully saturated rings. The molecule has 1 amide bonds. The fourth-order valence-corrected chi connectivity index (χ4v) is 5.98. The van der Waals surface area contributed by atoms with Crippen LogP contribution >= 0.6 is 11.3 Å². The number of carbonyl (C=O) groups excluding carboxylic acids is 1. The van der Waals surface area contributed by atoms with Gasteiger partial charge in [-0.1, -0.05) is 6.07 Å². The lowest BCUT2D eigenvalue weighted by atomic mass is 10.2. The highest BCUT2D eigenvalue weighted by Crippen LogP contribution is 2.28. The van der Waals surface area contributed by atoms with Crippen LogP contribution in [0.15, 0.2) is 21.7 Å². The lowest BCUT2D eigenvalue weighted by Gasteiger charge is -2.28. The summed E-state index contributed by atoms with van der Waals surface area (Å²) >= 11 is 1.19. The molecule has 1 aromatic rings. The summed E-state index contributed by atoms with van der Waals surface area (Å²) < 4.78 is 27.0. The van der Waals surface area contributed by atoms with Gasteiger partial charge in [0, 0.05) is 45.8 Å². The van der Waals surface area contributed by atoms with Gasteiger partial charge in [0.2, 0.25) is 5.91 Å². The van der Waals surface area contributed by atoms with Gasteiger partial charge in [0.05, 0.1) is 0 Å². The number of piperazine rings is 1. The van der Waals surface area contributed by atoms with Gasteiger partial charge in [-0.25, -0.2) is 8.42 Å². The number of sulfonamides is 1. The number of hydrogen-bond acceptors (Lipinski definition) is 6. The molecule has 9 heteroatoms. The standard InChI is InChI=1S/C15H24N4O3S2/c20-15(17-7-11-18-9-5-16-6-10-18)13-3-1-8-19(13)24(21,22)14-4-2-12-23-14/h2,4,12-13,16H,1,3,5-11H2,(H,17,20). The Bertz CT molecular complexity index is 642. The third-order valence-corrected chi connectivity index (χ3v) is 7.78. The van der Waals surface area contributed by atoms with E-state index >= 15 is 0 Å². The second-order valence-electron chi connectivity index (χ2n) is 6.09. The van der Waals surface area contributed by atoms with Gasteiger partial charge >= 0.3 is 0 Å². The van der Waals surface area contributed by atoms with Crippen molar-refractivity contribution in [1.29, 1.82) is 0 Å². The Morgan fingerprint density at radius 3 is 2.83 bits per heavy atom. The van der Waals surface area contributed by atoms with Crippen LogP contribution in [0.25, 0.3) is 0 Å². The average Bonchev–Trinajstić information content (AvgIpc) is 3.28. The average molecular weight is 373 g/mol. The van der Waals surface area contributed by atoms with Crippen molar-refractivity contribution in [2.24, 2.45) is 0 Å². The molecule has 3 heterocycles. The molecule has 2 aliphatic heterocycles. The Morgan fingerprint density at radius 2 is 2.12 bits per heavy atom. The zero-order valence-electron chi connectivity index (χ0n) is 13.6. The number of rotatable bonds is 6. The maximum Gasteiger partial charge on any atom is 0.253 e. The zero-order chi connectivity index (χ0) is 17.0. The molecule has 0 radical (unpaired) electrons. The van der Waals surface area contributed by atoms with E-state index in [1.807, 2.05) is 0 Å². The summed E-state index contributed by atoms with van der Waals surface area (Å²) in [5.41, 5.74) is 0. The lowest BCUT2D eigenvalue weighted by Crippen LogP contribution is -2.49. The Morgan fingerprint density at radius 1 is 1.33 bits per heavy atom. The third kappa shape index (κ3) is 3.97. The van der Waals surface area contributed by atoms with E-state index in [9.17, 15) is 13.2 Å². The van der Waals surface area contributed by atoms with Gasteiger partial charge in [-0.15, -0.1) is 11.3 Å². The third-order valence-electron chi connectivity index (χ3n) is 4.50. The molecule has 0 spiro atoms. The summed E-state index contributed by atoms with van der Waals surface area (Å²) in [6, 6.07) is 2.73. The maximum absolute atomic E-state index is 12.7. The van der Waals surface area contributed by atoms with Gasteiger partial charge in [0.1, 0.15) is 10.3 Å². The Balaban J connectivity index is 1.55. The second kappa shape index (κ2) is 7.92. The molecule has 134 valence electrons. The molecule has 2 aliphatic rings. The van der Waals surface area contributed by atoms with Crippen molar-refractivity contribution in [2.75, 3.05) is 45.8 Å². The monoisotopic (exact) mass is 372 g/mol. The van der Waals surface area contributed by atoms with E-state index < -0.39 is 16.1 Å². The Hall–Kier alpha value is -1.00. The van der Waals surface area contributed by atoms with E-state index in [1.54, 1.807) is 17.5 Å². The molecule has 24 heavy (non-hydrogen) atoms. The summed E-state index contributed by atoms with van der Waals surface area (Å²) in [6.45, 7) is 5.69. The molecule has 7 nitrogen and oxygen atoms in total. The highest BCUT2D eigenvalue weighted by Gasteiger charge is 2.39. The lowest BCUT2D eigenvalue weighted by molar-refractivity contribution is -0.124. The number of amides is 1. The number of hydrogen-bond donors (Lipinski definition) is 2. The van der Waals surface area contributed by atoms with Crippen LogP contribution in [0.1, 0.15) is 12.8 Å². The molecule has 1 atom stereocenters. The van der Waals surface area contributed by atoms with Crippen LogP contribution < -0.4 is 10.6 Å². The SMILES string of the molecule is O=C(NCCN1CCNCC1)C1CCCN1S(=O)(=O)c1cccs1. The highest BCUT2D eigenvalue weighted by atomic mass is 32.2. The number of carbonyl (C=O) groups is 1. The summed E-state index contributed by atoms with van der Waals surface area (Å²) in [5, 5.41) is 7.95. The summed E-state index contributed by atoms with van der Waals surface area (Å²) in [6.07, 6.45) is 1.31. The molecule has 0 saturated carbocycles. The van der Waals surface area contributed by atoms with Crippen LogP contribution in [0.5, 0.6) is 0 Å². The van der Waals surface area contributed by atoms with Crippen molar-refractivity contribution in [3.8, 4) is 0 Å². The molecule has 2 saturated heterocycles. The second-order valence-corrected chi connectivity index (χ2v) is 9.15. The fraction of sp³-hybridized carbons (Fsp3) is 0.667. The van der Waals surface area contributed by atoms with Crippen molar-refractivity contribution in [1.82, 2.24) is 19.8 Å². The van der Waals surface area contributed by atoms with Crippen LogP contribution in [-0.2, 0) is 14.8 Å². The van der Waals surface area contributed by atoms with Crippen molar-refractivity contribution in [3.63, 3.8) is 0 Å². The predicted molar refractivity (Wildman–Crippen MR) is 93.6 cm³/mol. The first-order valence-corrected chi connectivity index (χ1v) is 10.7. The summed E-state index contributed by atoms with van der Waals surface area (Å²) in [7, 11) is -3.56. The van der Waals surface area contributed by atoms with Gasteiger partial charge in [0.15, 0.2) is 0 Å². The molecule has 0 aromatic carbocycles. The molecule has 0 aliphatic carbocycles. The normalized spacial score (nSPS) is 23.4. The topological polar surface area (TPSA) is 81.8 Å². The van der Waals surface area contributed by atoms with Gasteiger partial charge in [0.25, 0.3) is 10.0 Å². The van der Waals surface area contributed by atoms with E-state index in [0.717, 1.165) is 39.1 Å². The first kappa shape index (κ1) is 17.8. The number of thiophene rings is 1. The van der Waals surface area contributed by atoms with Crippen LogP contribution in [0.3, 0.4) is 0 Å². The Kier molecular flexibility index (Phi) is 5.88. The number of nitrogens with zero attached hydrogens (tertiary/aromatic N) is 2. The highest BCUT2D eigenvalue weighted by molar-refractivity contribution is 7.91. The van der Waals surface area contributed by atoms with Crippen LogP contribution in [0.4, 0.5) is 0 Å². The molecule has 1 unspecified atom stereocenters. The minimum Gasteiger partial charge on any atom is -0.353 e. The maximum atomic E-state index is 12.7. The smallest absolute Gasteiger partial charge is 0.253 e. The predicted octanol–water partition coefficient (Wildman–Crippen LogP) is -0.0774. The van der Waals surface area contributed by atoms with E-state index in [1.165, 1.54) is 15.6 Å². The van der Waals surface area contributed by atoms with E-state index in [0.29, 0.717) is 23.7 Å². The van der Waals surface area contributed by atoms with Crippen molar-refractivity contribution < 1.29 is 13.2 Å². The molecular weight excluding hydrogens is 348 g/mol. The van der Waals surface area contributed by atoms with Gasteiger partial charge in [-0.3, -0.25) is 9.69 Å². The quantitative estimate of drug-likeness (QED) is 0.730. The van der Waals surface area contributed by atoms with E-state index in [-0.39, 0.29) is 5.91 Å². The molecular formula is C15H24N4O3S2.